The Hall–Kier alpha value is -0.220. The van der Waals surface area contributed by atoms with Gasteiger partial charge in [-0.3, -0.25) is 4.79 Å². The fourth-order valence-electron chi connectivity index (χ4n) is 1.47. The Morgan fingerprint density at radius 2 is 2.20 bits per heavy atom. The second kappa shape index (κ2) is 5.21. The summed E-state index contributed by atoms with van der Waals surface area (Å²) in [6.45, 7) is 4.85. The lowest BCUT2D eigenvalue weighted by Crippen LogP contribution is -2.46. The van der Waals surface area contributed by atoms with Crippen LogP contribution in [0.3, 0.4) is 0 Å². The predicted molar refractivity (Wildman–Crippen MR) is 65.9 cm³/mol. The monoisotopic (exact) mass is 230 g/mol. The van der Waals surface area contributed by atoms with E-state index in [0.717, 1.165) is 13.0 Å². The molecule has 0 aromatic rings. The molecule has 1 saturated carbocycles. The summed E-state index contributed by atoms with van der Waals surface area (Å²) in [7, 11) is 0. The molecule has 0 aromatic heterocycles. The normalized spacial score (nSPS) is 21.9. The van der Waals surface area contributed by atoms with Gasteiger partial charge < -0.3 is 11.1 Å². The van der Waals surface area contributed by atoms with Crippen LogP contribution in [0.2, 0.25) is 0 Å². The van der Waals surface area contributed by atoms with Crippen LogP contribution in [0.4, 0.5) is 0 Å². The Kier molecular flexibility index (Phi) is 4.46. The highest BCUT2D eigenvalue weighted by molar-refractivity contribution is 8.00. The highest BCUT2D eigenvalue weighted by Crippen LogP contribution is 2.46. The molecular weight excluding hydrogens is 208 g/mol. The smallest absolute Gasteiger partial charge is 0.237 e. The van der Waals surface area contributed by atoms with Gasteiger partial charge in [-0.05, 0) is 25.0 Å². The zero-order valence-electron chi connectivity index (χ0n) is 9.88. The molecule has 0 aromatic carbocycles. The molecule has 3 N–H and O–H groups in total. The zero-order chi connectivity index (χ0) is 11.5. The van der Waals surface area contributed by atoms with Crippen LogP contribution in [0.5, 0.6) is 0 Å². The minimum absolute atomic E-state index is 0.00433. The number of rotatable bonds is 6. The van der Waals surface area contributed by atoms with Gasteiger partial charge in [-0.15, -0.1) is 0 Å². The number of carbonyl (C=O) groups is 1. The van der Waals surface area contributed by atoms with Crippen molar-refractivity contribution < 1.29 is 4.79 Å². The van der Waals surface area contributed by atoms with E-state index >= 15 is 0 Å². The van der Waals surface area contributed by atoms with Crippen molar-refractivity contribution in [3.8, 4) is 0 Å². The summed E-state index contributed by atoms with van der Waals surface area (Å²) in [4.78, 5) is 11.7. The molecule has 15 heavy (non-hydrogen) atoms. The molecule has 0 unspecified atom stereocenters. The van der Waals surface area contributed by atoms with Gasteiger partial charge in [0.25, 0.3) is 0 Å². The Balaban J connectivity index is 2.29. The van der Waals surface area contributed by atoms with E-state index in [4.69, 9.17) is 5.73 Å². The first-order valence-electron chi connectivity index (χ1n) is 5.63. The lowest BCUT2D eigenvalue weighted by Gasteiger charge is -2.20. The van der Waals surface area contributed by atoms with E-state index in [1.54, 1.807) is 0 Å². The van der Waals surface area contributed by atoms with Crippen molar-refractivity contribution in [3.05, 3.63) is 0 Å². The third-order valence-electron chi connectivity index (χ3n) is 3.39. The van der Waals surface area contributed by atoms with Gasteiger partial charge in [-0.25, -0.2) is 0 Å². The number of amides is 1. The number of nitrogens with one attached hydrogen (secondary N) is 1. The molecule has 1 fully saturated rings. The first-order chi connectivity index (χ1) is 7.04. The molecule has 0 bridgehead atoms. The quantitative estimate of drug-likeness (QED) is 0.724. The fourth-order valence-corrected chi connectivity index (χ4v) is 2.20. The van der Waals surface area contributed by atoms with Gasteiger partial charge >= 0.3 is 0 Å². The van der Waals surface area contributed by atoms with Gasteiger partial charge in [0.1, 0.15) is 0 Å². The maximum absolute atomic E-state index is 11.7. The largest absolute Gasteiger partial charge is 0.353 e. The lowest BCUT2D eigenvalue weighted by molar-refractivity contribution is -0.123. The Bertz CT molecular complexity index is 229. The SMILES string of the molecule is CC[C@H](C)[C@H](N)C(=O)NCC1(SC)CC1. The minimum Gasteiger partial charge on any atom is -0.353 e. The minimum atomic E-state index is -0.354. The highest BCUT2D eigenvalue weighted by atomic mass is 32.2. The standard InChI is InChI=1S/C11H22N2OS/c1-4-8(2)9(12)10(14)13-7-11(15-3)5-6-11/h8-9H,4-7,12H2,1-3H3,(H,13,14)/t8-,9-/m0/s1. The highest BCUT2D eigenvalue weighted by Gasteiger charge is 2.42. The topological polar surface area (TPSA) is 55.1 Å². The van der Waals surface area contributed by atoms with Crippen molar-refractivity contribution in [2.75, 3.05) is 12.8 Å². The number of nitrogens with two attached hydrogens (primary N) is 1. The molecule has 1 rings (SSSR count). The molecule has 1 amide bonds. The van der Waals surface area contributed by atoms with Crippen molar-refractivity contribution in [1.29, 1.82) is 0 Å². The number of hydrogen-bond acceptors (Lipinski definition) is 3. The van der Waals surface area contributed by atoms with Gasteiger partial charge in [-0.2, -0.15) is 11.8 Å². The van der Waals surface area contributed by atoms with Gasteiger partial charge in [0.2, 0.25) is 5.91 Å². The zero-order valence-corrected chi connectivity index (χ0v) is 10.7. The van der Waals surface area contributed by atoms with Gasteiger partial charge in [0, 0.05) is 11.3 Å². The van der Waals surface area contributed by atoms with Gasteiger partial charge in [0.15, 0.2) is 0 Å². The number of hydrogen-bond donors (Lipinski definition) is 2. The molecule has 4 heteroatoms. The Morgan fingerprint density at radius 3 is 2.60 bits per heavy atom. The fraction of sp³-hybridized carbons (Fsp3) is 0.909. The van der Waals surface area contributed by atoms with Crippen LogP contribution in [0.1, 0.15) is 33.1 Å². The molecule has 0 aliphatic heterocycles. The van der Waals surface area contributed by atoms with Crippen LogP contribution < -0.4 is 11.1 Å². The molecule has 0 spiro atoms. The molecule has 3 nitrogen and oxygen atoms in total. The van der Waals surface area contributed by atoms with Crippen LogP contribution in [-0.4, -0.2) is 29.5 Å². The summed E-state index contributed by atoms with van der Waals surface area (Å²) < 4.78 is 0.324. The molecule has 0 radical (unpaired) electrons. The molecular formula is C11H22N2OS. The third-order valence-corrected chi connectivity index (χ3v) is 4.80. The molecule has 1 aliphatic rings. The number of thioether (sulfide) groups is 1. The van der Waals surface area contributed by atoms with Gasteiger partial charge in [0.05, 0.1) is 6.04 Å². The van der Waals surface area contributed by atoms with Crippen LogP contribution in [0, 0.1) is 5.92 Å². The summed E-state index contributed by atoms with van der Waals surface area (Å²) >= 11 is 1.85. The predicted octanol–water partition coefficient (Wildman–Crippen LogP) is 1.37. The Morgan fingerprint density at radius 1 is 1.60 bits per heavy atom. The second-order valence-corrected chi connectivity index (χ2v) is 5.79. The molecule has 1 aliphatic carbocycles. The first kappa shape index (κ1) is 12.8. The van der Waals surface area contributed by atoms with E-state index in [2.05, 4.69) is 18.5 Å². The summed E-state index contributed by atoms with van der Waals surface area (Å²) in [5.74, 6) is 0.263. The third kappa shape index (κ3) is 3.38. The average Bonchev–Trinajstić information content (AvgIpc) is 3.04. The van der Waals surface area contributed by atoms with E-state index in [1.165, 1.54) is 12.8 Å². The summed E-state index contributed by atoms with van der Waals surface area (Å²) in [5, 5.41) is 2.97. The summed E-state index contributed by atoms with van der Waals surface area (Å²) in [6.07, 6.45) is 5.48. The van der Waals surface area contributed by atoms with Crippen LogP contribution in [-0.2, 0) is 4.79 Å². The first-order valence-corrected chi connectivity index (χ1v) is 6.85. The van der Waals surface area contributed by atoms with E-state index in [0.29, 0.717) is 4.75 Å². The lowest BCUT2D eigenvalue weighted by atomic mass is 9.99. The average molecular weight is 230 g/mol. The summed E-state index contributed by atoms with van der Waals surface area (Å²) in [5.41, 5.74) is 5.84. The maximum Gasteiger partial charge on any atom is 0.237 e. The maximum atomic E-state index is 11.7. The number of carbonyl (C=O) groups excluding carboxylic acids is 1. The second-order valence-electron chi connectivity index (χ2n) is 4.52. The van der Waals surface area contributed by atoms with Crippen molar-refractivity contribution in [1.82, 2.24) is 5.32 Å². The van der Waals surface area contributed by atoms with Gasteiger partial charge in [-0.1, -0.05) is 20.3 Å². The molecule has 0 heterocycles. The Labute approximate surface area is 96.6 Å². The van der Waals surface area contributed by atoms with E-state index < -0.39 is 0 Å². The van der Waals surface area contributed by atoms with Crippen LogP contribution in [0.15, 0.2) is 0 Å². The summed E-state index contributed by atoms with van der Waals surface area (Å²) in [6, 6.07) is -0.354. The molecule has 0 saturated heterocycles. The van der Waals surface area contributed by atoms with Crippen molar-refractivity contribution in [2.45, 2.75) is 43.9 Å². The van der Waals surface area contributed by atoms with Crippen molar-refractivity contribution in [3.63, 3.8) is 0 Å². The van der Waals surface area contributed by atoms with Crippen molar-refractivity contribution >= 4 is 17.7 Å². The van der Waals surface area contributed by atoms with Crippen molar-refractivity contribution in [2.24, 2.45) is 11.7 Å². The molecule has 88 valence electrons. The molecule has 2 atom stereocenters. The van der Waals surface area contributed by atoms with E-state index in [-0.39, 0.29) is 17.9 Å². The van der Waals surface area contributed by atoms with E-state index in [9.17, 15) is 4.79 Å². The van der Waals surface area contributed by atoms with Crippen LogP contribution >= 0.6 is 11.8 Å². The van der Waals surface area contributed by atoms with E-state index in [1.807, 2.05) is 18.7 Å². The van der Waals surface area contributed by atoms with Crippen LogP contribution in [0.25, 0.3) is 0 Å².